The van der Waals surface area contributed by atoms with Crippen LogP contribution in [0.1, 0.15) is 24.0 Å². The van der Waals surface area contributed by atoms with E-state index < -0.39 is 0 Å². The summed E-state index contributed by atoms with van der Waals surface area (Å²) in [6.07, 6.45) is 5.21. The maximum absolute atomic E-state index is 11.5. The van der Waals surface area contributed by atoms with Gasteiger partial charge in [-0.05, 0) is 35.7 Å². The van der Waals surface area contributed by atoms with Gasteiger partial charge in [0.1, 0.15) is 5.75 Å². The minimum absolute atomic E-state index is 0.155. The minimum Gasteiger partial charge on any atom is -0.497 e. The van der Waals surface area contributed by atoms with E-state index in [2.05, 4.69) is 33.4 Å². The highest BCUT2D eigenvalue weighted by molar-refractivity contribution is 5.78. The molecular weight excluding hydrogens is 302 g/mol. The SMILES string of the molecule is COc1cccc(CN(Cc2cccnc2)C[C@@H]2CCC(=O)N2)c1. The van der Waals surface area contributed by atoms with Crippen LogP contribution in [-0.2, 0) is 17.9 Å². The van der Waals surface area contributed by atoms with Crippen molar-refractivity contribution in [1.29, 1.82) is 0 Å². The van der Waals surface area contributed by atoms with Crippen LogP contribution in [0.4, 0.5) is 0 Å². The van der Waals surface area contributed by atoms with Gasteiger partial charge in [-0.2, -0.15) is 0 Å². The second-order valence-electron chi connectivity index (χ2n) is 6.19. The highest BCUT2D eigenvalue weighted by Crippen LogP contribution is 2.17. The van der Waals surface area contributed by atoms with E-state index in [-0.39, 0.29) is 11.9 Å². The molecule has 0 bridgehead atoms. The largest absolute Gasteiger partial charge is 0.497 e. The highest BCUT2D eigenvalue weighted by Gasteiger charge is 2.23. The van der Waals surface area contributed by atoms with E-state index in [1.54, 1.807) is 13.3 Å². The van der Waals surface area contributed by atoms with Crippen LogP contribution in [0.15, 0.2) is 48.8 Å². The molecule has 3 rings (SSSR count). The zero-order valence-electron chi connectivity index (χ0n) is 13.9. The fourth-order valence-electron chi connectivity index (χ4n) is 3.09. The Morgan fingerprint density at radius 3 is 2.79 bits per heavy atom. The van der Waals surface area contributed by atoms with Crippen molar-refractivity contribution in [3.63, 3.8) is 0 Å². The molecule has 1 aliphatic heterocycles. The van der Waals surface area contributed by atoms with E-state index in [4.69, 9.17) is 4.74 Å². The smallest absolute Gasteiger partial charge is 0.220 e. The number of nitrogens with one attached hydrogen (secondary N) is 1. The van der Waals surface area contributed by atoms with Gasteiger partial charge in [-0.3, -0.25) is 14.7 Å². The van der Waals surface area contributed by atoms with Crippen molar-refractivity contribution in [3.8, 4) is 5.75 Å². The highest BCUT2D eigenvalue weighted by atomic mass is 16.5. The van der Waals surface area contributed by atoms with Crippen LogP contribution in [-0.4, -0.2) is 35.5 Å². The number of ether oxygens (including phenoxy) is 1. The van der Waals surface area contributed by atoms with Crippen LogP contribution < -0.4 is 10.1 Å². The number of rotatable bonds is 7. The van der Waals surface area contributed by atoms with Crippen molar-refractivity contribution in [2.45, 2.75) is 32.0 Å². The minimum atomic E-state index is 0.155. The fraction of sp³-hybridized carbons (Fsp3) is 0.368. The molecule has 0 radical (unpaired) electrons. The zero-order chi connectivity index (χ0) is 16.8. The summed E-state index contributed by atoms with van der Waals surface area (Å²) in [5.41, 5.74) is 2.37. The predicted octanol–water partition coefficient (Wildman–Crippen LogP) is 2.37. The maximum atomic E-state index is 11.5. The Balaban J connectivity index is 1.71. The van der Waals surface area contributed by atoms with Crippen LogP contribution in [0.25, 0.3) is 0 Å². The first-order valence-corrected chi connectivity index (χ1v) is 8.26. The topological polar surface area (TPSA) is 54.5 Å². The van der Waals surface area contributed by atoms with E-state index in [1.807, 2.05) is 24.4 Å². The van der Waals surface area contributed by atoms with Crippen molar-refractivity contribution in [1.82, 2.24) is 15.2 Å². The molecule has 0 aliphatic carbocycles. The van der Waals surface area contributed by atoms with Gasteiger partial charge in [0.15, 0.2) is 0 Å². The van der Waals surface area contributed by atoms with Crippen molar-refractivity contribution in [2.24, 2.45) is 0 Å². The lowest BCUT2D eigenvalue weighted by Crippen LogP contribution is -2.38. The number of methoxy groups -OCH3 is 1. The third-order valence-corrected chi connectivity index (χ3v) is 4.23. The summed E-state index contributed by atoms with van der Waals surface area (Å²) in [6.45, 7) is 2.44. The number of carbonyl (C=O) groups is 1. The van der Waals surface area contributed by atoms with Gasteiger partial charge in [-0.15, -0.1) is 0 Å². The Hall–Kier alpha value is -2.40. The van der Waals surface area contributed by atoms with E-state index in [0.717, 1.165) is 31.8 Å². The average Bonchev–Trinajstić information content (AvgIpc) is 3.01. The molecule has 1 N–H and O–H groups in total. The van der Waals surface area contributed by atoms with Crippen molar-refractivity contribution in [3.05, 3.63) is 59.9 Å². The molecule has 5 nitrogen and oxygen atoms in total. The molecule has 0 spiro atoms. The molecule has 0 saturated carbocycles. The van der Waals surface area contributed by atoms with Gasteiger partial charge in [0.05, 0.1) is 7.11 Å². The molecule has 126 valence electrons. The molecule has 1 aromatic carbocycles. The molecular formula is C19H23N3O2. The van der Waals surface area contributed by atoms with Gasteiger partial charge in [0.25, 0.3) is 0 Å². The second kappa shape index (κ2) is 7.93. The van der Waals surface area contributed by atoms with E-state index in [0.29, 0.717) is 6.42 Å². The molecule has 5 heteroatoms. The van der Waals surface area contributed by atoms with Crippen molar-refractivity contribution < 1.29 is 9.53 Å². The number of aromatic nitrogens is 1. The average molecular weight is 325 g/mol. The van der Waals surface area contributed by atoms with E-state index >= 15 is 0 Å². The Labute approximate surface area is 142 Å². The van der Waals surface area contributed by atoms with E-state index in [9.17, 15) is 4.79 Å². The molecule has 1 atom stereocenters. The van der Waals surface area contributed by atoms with E-state index in [1.165, 1.54) is 11.1 Å². The van der Waals surface area contributed by atoms with Crippen LogP contribution >= 0.6 is 0 Å². The normalized spacial score (nSPS) is 17.1. The lowest BCUT2D eigenvalue weighted by Gasteiger charge is -2.25. The van der Waals surface area contributed by atoms with Gasteiger partial charge >= 0.3 is 0 Å². The lowest BCUT2D eigenvalue weighted by molar-refractivity contribution is -0.119. The third kappa shape index (κ3) is 4.55. The Morgan fingerprint density at radius 2 is 2.08 bits per heavy atom. The van der Waals surface area contributed by atoms with Crippen LogP contribution in [0.3, 0.4) is 0 Å². The summed E-state index contributed by atoms with van der Waals surface area (Å²) in [4.78, 5) is 18.0. The number of nitrogens with zero attached hydrogens (tertiary/aromatic N) is 2. The number of hydrogen-bond donors (Lipinski definition) is 1. The summed E-state index contributed by atoms with van der Waals surface area (Å²) in [5.74, 6) is 1.02. The van der Waals surface area contributed by atoms with Gasteiger partial charge in [-0.1, -0.05) is 18.2 Å². The molecule has 0 unspecified atom stereocenters. The third-order valence-electron chi connectivity index (χ3n) is 4.23. The Bertz CT molecular complexity index is 675. The van der Waals surface area contributed by atoms with Gasteiger partial charge in [-0.25, -0.2) is 0 Å². The van der Waals surface area contributed by atoms with Crippen LogP contribution in [0.2, 0.25) is 0 Å². The number of benzene rings is 1. The fourth-order valence-corrected chi connectivity index (χ4v) is 3.09. The quantitative estimate of drug-likeness (QED) is 0.849. The first-order valence-electron chi connectivity index (χ1n) is 8.26. The van der Waals surface area contributed by atoms with Crippen LogP contribution in [0, 0.1) is 0 Å². The Morgan fingerprint density at radius 1 is 1.25 bits per heavy atom. The van der Waals surface area contributed by atoms with Gasteiger partial charge < -0.3 is 10.1 Å². The number of carbonyl (C=O) groups excluding carboxylic acids is 1. The molecule has 1 saturated heterocycles. The molecule has 2 aromatic rings. The standard InChI is InChI=1S/C19H23N3O2/c1-24-18-6-2-4-15(10-18)12-22(13-16-5-3-9-20-11-16)14-17-7-8-19(23)21-17/h2-6,9-11,17H,7-8,12-14H2,1H3,(H,21,23)/t17-/m0/s1. The van der Waals surface area contributed by atoms with Gasteiger partial charge in [0, 0.05) is 44.5 Å². The molecule has 1 fully saturated rings. The lowest BCUT2D eigenvalue weighted by atomic mass is 10.1. The van der Waals surface area contributed by atoms with Crippen molar-refractivity contribution in [2.75, 3.05) is 13.7 Å². The molecule has 2 heterocycles. The van der Waals surface area contributed by atoms with Crippen molar-refractivity contribution >= 4 is 5.91 Å². The first kappa shape index (κ1) is 16.5. The van der Waals surface area contributed by atoms with Gasteiger partial charge in [0.2, 0.25) is 5.91 Å². The monoisotopic (exact) mass is 325 g/mol. The number of amides is 1. The molecule has 24 heavy (non-hydrogen) atoms. The molecule has 1 aromatic heterocycles. The summed E-state index contributed by atoms with van der Waals surface area (Å²) in [5, 5.41) is 3.06. The molecule has 1 amide bonds. The molecule has 1 aliphatic rings. The number of hydrogen-bond acceptors (Lipinski definition) is 4. The summed E-state index contributed by atoms with van der Waals surface area (Å²) in [7, 11) is 1.68. The summed E-state index contributed by atoms with van der Waals surface area (Å²) in [6, 6.07) is 12.4. The van der Waals surface area contributed by atoms with Crippen LogP contribution in [0.5, 0.6) is 5.75 Å². The Kier molecular flexibility index (Phi) is 5.43. The second-order valence-corrected chi connectivity index (χ2v) is 6.19. The maximum Gasteiger partial charge on any atom is 0.220 e. The summed E-state index contributed by atoms with van der Waals surface area (Å²) < 4.78 is 5.32. The zero-order valence-corrected chi connectivity index (χ0v) is 13.9. The number of pyridine rings is 1. The summed E-state index contributed by atoms with van der Waals surface area (Å²) >= 11 is 0. The first-order chi connectivity index (χ1) is 11.7. The predicted molar refractivity (Wildman–Crippen MR) is 92.5 cm³/mol.